The van der Waals surface area contributed by atoms with Gasteiger partial charge in [-0.15, -0.1) is 11.3 Å². The number of thiophene rings is 1. The number of nitrogens with zero attached hydrogens (tertiary/aromatic N) is 1. The summed E-state index contributed by atoms with van der Waals surface area (Å²) in [5.41, 5.74) is 9.91. The molecule has 0 spiro atoms. The quantitative estimate of drug-likeness (QED) is 0.631. The van der Waals surface area contributed by atoms with Gasteiger partial charge in [0.1, 0.15) is 6.17 Å². The first-order valence-electron chi connectivity index (χ1n) is 9.02. The Hall–Kier alpha value is -2.70. The first kappa shape index (κ1) is 17.7. The van der Waals surface area contributed by atoms with Gasteiger partial charge in [0.05, 0.1) is 16.9 Å². The van der Waals surface area contributed by atoms with E-state index in [-0.39, 0.29) is 12.1 Å². The fraction of sp³-hybridized carbons (Fsp3) is 0.238. The van der Waals surface area contributed by atoms with Gasteiger partial charge in [-0.3, -0.25) is 9.79 Å². The van der Waals surface area contributed by atoms with Crippen molar-refractivity contribution in [3.63, 3.8) is 0 Å². The Morgan fingerprint density at radius 3 is 2.89 bits per heavy atom. The van der Waals surface area contributed by atoms with Crippen LogP contribution < -0.4 is 16.4 Å². The Morgan fingerprint density at radius 2 is 2.07 bits per heavy atom. The van der Waals surface area contributed by atoms with Crippen LogP contribution in [-0.4, -0.2) is 18.8 Å². The highest BCUT2D eigenvalue weighted by atomic mass is 32.1. The van der Waals surface area contributed by atoms with Gasteiger partial charge in [0, 0.05) is 22.2 Å². The van der Waals surface area contributed by atoms with Crippen molar-refractivity contribution in [1.29, 1.82) is 0 Å². The fourth-order valence-corrected chi connectivity index (χ4v) is 4.30. The monoisotopic (exact) mass is 378 g/mol. The van der Waals surface area contributed by atoms with Crippen molar-refractivity contribution in [3.8, 4) is 11.1 Å². The lowest BCUT2D eigenvalue weighted by Crippen LogP contribution is -2.27. The van der Waals surface area contributed by atoms with Crippen LogP contribution in [0.15, 0.2) is 47.5 Å². The number of hydrogen-bond donors (Lipinski definition) is 3. The van der Waals surface area contributed by atoms with Crippen LogP contribution in [0.5, 0.6) is 0 Å². The number of benzene rings is 2. The summed E-state index contributed by atoms with van der Waals surface area (Å²) in [6, 6.07) is 14.1. The highest BCUT2D eigenvalue weighted by Gasteiger charge is 2.20. The molecule has 1 atom stereocenters. The van der Waals surface area contributed by atoms with E-state index in [1.807, 2.05) is 24.3 Å². The summed E-state index contributed by atoms with van der Waals surface area (Å²) < 4.78 is 1.15. The predicted octanol–water partition coefficient (Wildman–Crippen LogP) is 4.37. The third kappa shape index (κ3) is 3.46. The van der Waals surface area contributed by atoms with E-state index in [0.29, 0.717) is 18.0 Å². The highest BCUT2D eigenvalue weighted by molar-refractivity contribution is 7.20. The minimum absolute atomic E-state index is 0.0365. The van der Waals surface area contributed by atoms with E-state index in [0.717, 1.165) is 31.8 Å². The van der Waals surface area contributed by atoms with Crippen LogP contribution in [0.25, 0.3) is 21.2 Å². The van der Waals surface area contributed by atoms with Crippen LogP contribution in [0.4, 0.5) is 5.69 Å². The summed E-state index contributed by atoms with van der Waals surface area (Å²) in [7, 11) is 0. The van der Waals surface area contributed by atoms with Crippen LogP contribution >= 0.6 is 11.3 Å². The molecule has 1 aliphatic rings. The molecule has 3 aromatic rings. The number of anilines is 1. The van der Waals surface area contributed by atoms with Crippen LogP contribution in [-0.2, 0) is 0 Å². The lowest BCUT2D eigenvalue weighted by molar-refractivity contribution is 0.0949. The Morgan fingerprint density at radius 1 is 1.26 bits per heavy atom. The third-order valence-corrected chi connectivity index (χ3v) is 5.78. The molecular weight excluding hydrogens is 356 g/mol. The van der Waals surface area contributed by atoms with E-state index in [4.69, 9.17) is 5.73 Å². The molecule has 0 saturated heterocycles. The number of hydrogen-bond acceptors (Lipinski definition) is 5. The van der Waals surface area contributed by atoms with Gasteiger partial charge in [0.15, 0.2) is 0 Å². The second-order valence-electron chi connectivity index (χ2n) is 7.10. The summed E-state index contributed by atoms with van der Waals surface area (Å²) in [5, 5.41) is 7.32. The zero-order valence-electron chi connectivity index (χ0n) is 15.3. The van der Waals surface area contributed by atoms with Crippen molar-refractivity contribution in [2.45, 2.75) is 20.0 Å². The number of carbonyl (C=O) groups excluding carboxylic acids is 1. The smallest absolute Gasteiger partial charge is 0.251 e. The van der Waals surface area contributed by atoms with Crippen LogP contribution in [0.1, 0.15) is 35.2 Å². The first-order chi connectivity index (χ1) is 13.0. The summed E-state index contributed by atoms with van der Waals surface area (Å²) in [6.45, 7) is 4.84. The van der Waals surface area contributed by atoms with Crippen molar-refractivity contribution < 1.29 is 4.79 Å². The summed E-state index contributed by atoms with van der Waals surface area (Å²) in [4.78, 5) is 17.6. The molecule has 138 valence electrons. The second-order valence-corrected chi connectivity index (χ2v) is 8.19. The fourth-order valence-electron chi connectivity index (χ4n) is 3.14. The molecule has 1 aliphatic heterocycles. The van der Waals surface area contributed by atoms with Crippen molar-refractivity contribution in [3.05, 3.63) is 52.9 Å². The van der Waals surface area contributed by atoms with Gasteiger partial charge < -0.3 is 16.4 Å². The predicted molar refractivity (Wildman–Crippen MR) is 113 cm³/mol. The summed E-state index contributed by atoms with van der Waals surface area (Å²) in [5.74, 6) is 0.388. The minimum Gasteiger partial charge on any atom is -0.352 e. The van der Waals surface area contributed by atoms with Crippen LogP contribution in [0, 0.1) is 5.92 Å². The van der Waals surface area contributed by atoms with Crippen LogP contribution in [0.2, 0.25) is 0 Å². The molecule has 2 aromatic carbocycles. The molecule has 5 nitrogen and oxygen atoms in total. The Labute approximate surface area is 162 Å². The maximum atomic E-state index is 12.4. The standard InChI is InChI=1S/C21H22N4OS/c1-12(2)10-23-21(26)15-5-3-4-13(8-15)14-6-7-16-17(9-14)27-19-18(16)24-11-25-20(19)22/h3-9,11-12,20H,10,22H2,1-2H3,(H,23,26)(H,24,25). The normalized spacial score (nSPS) is 15.6. The number of fused-ring (bicyclic) bond motifs is 3. The zero-order chi connectivity index (χ0) is 19.0. The van der Waals surface area contributed by atoms with Gasteiger partial charge in [0.2, 0.25) is 0 Å². The Kier molecular flexibility index (Phi) is 4.68. The number of nitrogens with two attached hydrogens (primary N) is 1. The highest BCUT2D eigenvalue weighted by Crippen LogP contribution is 2.41. The molecule has 4 rings (SSSR count). The molecule has 0 radical (unpaired) electrons. The molecule has 0 saturated carbocycles. The van der Waals surface area contributed by atoms with E-state index < -0.39 is 0 Å². The minimum atomic E-state index is -0.310. The van der Waals surface area contributed by atoms with Crippen molar-refractivity contribution >= 4 is 39.4 Å². The molecule has 1 unspecified atom stereocenters. The largest absolute Gasteiger partial charge is 0.352 e. The van der Waals surface area contributed by atoms with Crippen LogP contribution in [0.3, 0.4) is 0 Å². The molecule has 4 N–H and O–H groups in total. The van der Waals surface area contributed by atoms with E-state index in [1.54, 1.807) is 17.7 Å². The molecule has 27 heavy (non-hydrogen) atoms. The Balaban J connectivity index is 1.67. The van der Waals surface area contributed by atoms with E-state index in [1.165, 1.54) is 0 Å². The van der Waals surface area contributed by atoms with Gasteiger partial charge in [-0.25, -0.2) is 0 Å². The molecular formula is C21H22N4OS. The van der Waals surface area contributed by atoms with Gasteiger partial charge in [0.25, 0.3) is 5.91 Å². The number of carbonyl (C=O) groups is 1. The molecule has 1 amide bonds. The number of rotatable bonds is 4. The summed E-state index contributed by atoms with van der Waals surface area (Å²) >= 11 is 1.66. The SMILES string of the molecule is CC(C)CNC(=O)c1cccc(-c2ccc3c4c(sc3c2)C(N)N=CN4)c1. The van der Waals surface area contributed by atoms with Gasteiger partial charge in [-0.1, -0.05) is 38.1 Å². The van der Waals surface area contributed by atoms with Crippen molar-refractivity contribution in [2.24, 2.45) is 16.6 Å². The maximum Gasteiger partial charge on any atom is 0.251 e. The molecule has 0 aliphatic carbocycles. The van der Waals surface area contributed by atoms with Gasteiger partial charge in [-0.05, 0) is 35.2 Å². The molecule has 6 heteroatoms. The topological polar surface area (TPSA) is 79.5 Å². The van der Waals surface area contributed by atoms with E-state index in [9.17, 15) is 4.79 Å². The van der Waals surface area contributed by atoms with Gasteiger partial charge >= 0.3 is 0 Å². The van der Waals surface area contributed by atoms with Crippen molar-refractivity contribution in [1.82, 2.24) is 5.32 Å². The van der Waals surface area contributed by atoms with E-state index in [2.05, 4.69) is 47.7 Å². The summed E-state index contributed by atoms with van der Waals surface area (Å²) in [6.07, 6.45) is 1.35. The second kappa shape index (κ2) is 7.13. The molecule has 1 aromatic heterocycles. The number of amides is 1. The van der Waals surface area contributed by atoms with Gasteiger partial charge in [-0.2, -0.15) is 0 Å². The lowest BCUT2D eigenvalue weighted by atomic mass is 10.0. The molecule has 2 heterocycles. The molecule has 0 fully saturated rings. The van der Waals surface area contributed by atoms with Crippen molar-refractivity contribution in [2.75, 3.05) is 11.9 Å². The number of aliphatic imine (C=N–C) groups is 1. The maximum absolute atomic E-state index is 12.4. The van der Waals surface area contributed by atoms with E-state index >= 15 is 0 Å². The first-order valence-corrected chi connectivity index (χ1v) is 9.83. The average Bonchev–Trinajstić information content (AvgIpc) is 3.05. The third-order valence-electron chi connectivity index (χ3n) is 4.56. The molecule has 0 bridgehead atoms. The number of nitrogens with one attached hydrogen (secondary N) is 2. The Bertz CT molecular complexity index is 1040. The lowest BCUT2D eigenvalue weighted by Gasteiger charge is -2.13. The zero-order valence-corrected chi connectivity index (χ0v) is 16.1. The average molecular weight is 379 g/mol.